The van der Waals surface area contributed by atoms with Gasteiger partial charge in [0.05, 0.1) is 4.90 Å². The number of sulfonamides is 1. The summed E-state index contributed by atoms with van der Waals surface area (Å²) in [7, 11) is -3.92. The number of halogens is 1. The fourth-order valence-electron chi connectivity index (χ4n) is 2.83. The van der Waals surface area contributed by atoms with Crippen molar-refractivity contribution in [2.45, 2.75) is 77.0 Å². The number of benzene rings is 1. The molecule has 148 valence electrons. The number of amides is 2. The Morgan fingerprint density at radius 1 is 1.04 bits per heavy atom. The van der Waals surface area contributed by atoms with Gasteiger partial charge in [-0.2, -0.15) is 0 Å². The first kappa shape index (κ1) is 22.8. The Morgan fingerprint density at radius 2 is 1.69 bits per heavy atom. The van der Waals surface area contributed by atoms with Crippen molar-refractivity contribution < 1.29 is 13.2 Å². The molecule has 26 heavy (non-hydrogen) atoms. The van der Waals surface area contributed by atoms with E-state index in [9.17, 15) is 13.2 Å². The van der Waals surface area contributed by atoms with Gasteiger partial charge in [0.1, 0.15) is 0 Å². The summed E-state index contributed by atoms with van der Waals surface area (Å²) in [6.45, 7) is 6.25. The third-order valence-corrected chi connectivity index (χ3v) is 6.15. The van der Waals surface area contributed by atoms with Crippen LogP contribution in [0.1, 0.15) is 69.9 Å². The second kappa shape index (κ2) is 11.4. The molecule has 0 aromatic heterocycles. The fraction of sp³-hybridized carbons (Fsp3) is 0.632. The van der Waals surface area contributed by atoms with Crippen molar-refractivity contribution in [2.75, 3.05) is 6.54 Å². The molecule has 0 atom stereocenters. The quantitative estimate of drug-likeness (QED) is 0.514. The Bertz CT molecular complexity index is 690. The number of carbonyl (C=O) groups excluding carboxylic acids is 1. The zero-order valence-corrected chi connectivity index (χ0v) is 17.6. The number of carbonyl (C=O) groups is 1. The zero-order chi connectivity index (χ0) is 19.6. The van der Waals surface area contributed by atoms with Crippen LogP contribution < -0.4 is 10.0 Å². The number of hydrogen-bond donors (Lipinski definition) is 2. The monoisotopic (exact) mass is 402 g/mol. The molecule has 0 saturated heterocycles. The second-order valence-electron chi connectivity index (χ2n) is 6.53. The third-order valence-electron chi connectivity index (χ3n) is 4.32. The summed E-state index contributed by atoms with van der Waals surface area (Å²) in [6.07, 6.45) is 8.42. The Kier molecular flexibility index (Phi) is 10.0. The molecule has 0 aliphatic rings. The number of urea groups is 1. The molecule has 0 spiro atoms. The van der Waals surface area contributed by atoms with Gasteiger partial charge < -0.3 is 5.32 Å². The third kappa shape index (κ3) is 7.16. The highest BCUT2D eigenvalue weighted by atomic mass is 35.5. The van der Waals surface area contributed by atoms with Gasteiger partial charge in [-0.3, -0.25) is 0 Å². The molecule has 0 bridgehead atoms. The van der Waals surface area contributed by atoms with Gasteiger partial charge in [0, 0.05) is 11.6 Å². The molecule has 0 saturated carbocycles. The lowest BCUT2D eigenvalue weighted by Crippen LogP contribution is -2.39. The molecule has 1 aromatic rings. The molecule has 0 unspecified atom stereocenters. The summed E-state index contributed by atoms with van der Waals surface area (Å²) >= 11 is 6.29. The maximum Gasteiger partial charge on any atom is 0.328 e. The van der Waals surface area contributed by atoms with E-state index >= 15 is 0 Å². The normalized spacial score (nSPS) is 11.4. The molecular formula is C19H31ClN2O3S. The topological polar surface area (TPSA) is 75.3 Å². The first-order valence-electron chi connectivity index (χ1n) is 9.42. The van der Waals surface area contributed by atoms with Gasteiger partial charge in [-0.15, -0.1) is 0 Å². The van der Waals surface area contributed by atoms with Gasteiger partial charge in [-0.1, -0.05) is 57.6 Å². The average molecular weight is 403 g/mol. The van der Waals surface area contributed by atoms with Gasteiger partial charge in [0.15, 0.2) is 0 Å². The van der Waals surface area contributed by atoms with Crippen LogP contribution in [0, 0.1) is 6.92 Å². The predicted octanol–water partition coefficient (Wildman–Crippen LogP) is 4.95. The minimum Gasteiger partial charge on any atom is -0.337 e. The minimum absolute atomic E-state index is 0.106. The van der Waals surface area contributed by atoms with E-state index in [1.54, 1.807) is 13.0 Å². The lowest BCUT2D eigenvalue weighted by atomic mass is 10.0. The minimum atomic E-state index is -3.92. The van der Waals surface area contributed by atoms with Gasteiger partial charge in [-0.25, -0.2) is 17.9 Å². The lowest BCUT2D eigenvalue weighted by molar-refractivity contribution is 0.246. The SMILES string of the molecule is CCCCCCCCc1c(Cl)ccc(S(=O)(=O)NC(=O)NCCC)c1C. The molecule has 2 amide bonds. The maximum atomic E-state index is 12.5. The van der Waals surface area contributed by atoms with Crippen molar-refractivity contribution in [3.8, 4) is 0 Å². The molecule has 0 aliphatic heterocycles. The van der Waals surface area contributed by atoms with E-state index in [2.05, 4.69) is 17.0 Å². The van der Waals surface area contributed by atoms with E-state index in [4.69, 9.17) is 11.6 Å². The molecule has 2 N–H and O–H groups in total. The van der Waals surface area contributed by atoms with Crippen molar-refractivity contribution in [3.05, 3.63) is 28.3 Å². The highest BCUT2D eigenvalue weighted by Crippen LogP contribution is 2.27. The molecule has 7 heteroatoms. The Balaban J connectivity index is 2.82. The van der Waals surface area contributed by atoms with Crippen molar-refractivity contribution in [1.82, 2.24) is 10.0 Å². The fourth-order valence-corrected chi connectivity index (χ4v) is 4.33. The molecule has 1 rings (SSSR count). The Morgan fingerprint density at radius 3 is 2.35 bits per heavy atom. The number of unbranched alkanes of at least 4 members (excludes halogenated alkanes) is 5. The van der Waals surface area contributed by atoms with Crippen LogP contribution in [0.3, 0.4) is 0 Å². The highest BCUT2D eigenvalue weighted by Gasteiger charge is 2.22. The standard InChI is InChI=1S/C19H31ClN2O3S/c1-4-6-7-8-9-10-11-16-15(3)18(13-12-17(16)20)26(24,25)22-19(23)21-14-5-2/h12-13H,4-11,14H2,1-3H3,(H2,21,22,23). The van der Waals surface area contributed by atoms with Crippen LogP contribution >= 0.6 is 11.6 Å². The smallest absolute Gasteiger partial charge is 0.328 e. The van der Waals surface area contributed by atoms with Crippen molar-refractivity contribution >= 4 is 27.7 Å². The summed E-state index contributed by atoms with van der Waals surface area (Å²) in [5.74, 6) is 0. The first-order valence-corrected chi connectivity index (χ1v) is 11.3. The van der Waals surface area contributed by atoms with Gasteiger partial charge in [0.2, 0.25) is 0 Å². The summed E-state index contributed by atoms with van der Waals surface area (Å²) in [5.41, 5.74) is 1.46. The van der Waals surface area contributed by atoms with Crippen LogP contribution in [-0.4, -0.2) is 21.0 Å². The Labute approximate surface area is 163 Å². The van der Waals surface area contributed by atoms with Gasteiger partial charge in [-0.05, 0) is 49.4 Å². The number of rotatable bonds is 11. The van der Waals surface area contributed by atoms with Crippen LogP contribution in [0.5, 0.6) is 0 Å². The predicted molar refractivity (Wildman–Crippen MR) is 107 cm³/mol. The lowest BCUT2D eigenvalue weighted by Gasteiger charge is -2.15. The van der Waals surface area contributed by atoms with Crippen molar-refractivity contribution in [1.29, 1.82) is 0 Å². The van der Waals surface area contributed by atoms with E-state index in [1.165, 1.54) is 31.7 Å². The molecular weight excluding hydrogens is 372 g/mol. The first-order chi connectivity index (χ1) is 12.3. The number of hydrogen-bond acceptors (Lipinski definition) is 3. The molecule has 5 nitrogen and oxygen atoms in total. The van der Waals surface area contributed by atoms with E-state index in [-0.39, 0.29) is 4.90 Å². The molecule has 0 radical (unpaired) electrons. The summed E-state index contributed by atoms with van der Waals surface area (Å²) in [5, 5.41) is 3.08. The molecule has 0 heterocycles. The van der Waals surface area contributed by atoms with E-state index < -0.39 is 16.1 Å². The maximum absolute atomic E-state index is 12.5. The summed E-state index contributed by atoms with van der Waals surface area (Å²) in [4.78, 5) is 11.8. The van der Waals surface area contributed by atoms with Crippen molar-refractivity contribution in [3.63, 3.8) is 0 Å². The van der Waals surface area contributed by atoms with E-state index in [0.29, 0.717) is 17.1 Å². The van der Waals surface area contributed by atoms with Crippen LogP contribution in [0.15, 0.2) is 17.0 Å². The molecule has 1 aromatic carbocycles. The van der Waals surface area contributed by atoms with Crippen LogP contribution in [0.2, 0.25) is 5.02 Å². The van der Waals surface area contributed by atoms with Crippen LogP contribution in [0.4, 0.5) is 4.79 Å². The Hall–Kier alpha value is -1.27. The highest BCUT2D eigenvalue weighted by molar-refractivity contribution is 7.90. The van der Waals surface area contributed by atoms with E-state index in [1.807, 2.05) is 6.92 Å². The van der Waals surface area contributed by atoms with Crippen LogP contribution in [-0.2, 0) is 16.4 Å². The molecule has 0 aliphatic carbocycles. The number of nitrogens with one attached hydrogen (secondary N) is 2. The largest absolute Gasteiger partial charge is 0.337 e. The zero-order valence-electron chi connectivity index (χ0n) is 16.0. The van der Waals surface area contributed by atoms with Crippen molar-refractivity contribution in [2.24, 2.45) is 0 Å². The van der Waals surface area contributed by atoms with Crippen LogP contribution in [0.25, 0.3) is 0 Å². The van der Waals surface area contributed by atoms with E-state index in [0.717, 1.165) is 31.2 Å². The molecule has 0 fully saturated rings. The summed E-state index contributed by atoms with van der Waals surface area (Å²) in [6, 6.07) is 2.34. The summed E-state index contributed by atoms with van der Waals surface area (Å²) < 4.78 is 27.1. The van der Waals surface area contributed by atoms with Gasteiger partial charge >= 0.3 is 6.03 Å². The van der Waals surface area contributed by atoms with Gasteiger partial charge in [0.25, 0.3) is 10.0 Å². The second-order valence-corrected chi connectivity index (χ2v) is 8.59. The average Bonchev–Trinajstić information content (AvgIpc) is 2.57.